The first-order chi connectivity index (χ1) is 12.1. The van der Waals surface area contributed by atoms with Crippen LogP contribution in [0.2, 0.25) is 5.15 Å². The number of aromatic nitrogens is 3. The maximum atomic E-state index is 13.1. The average molecular weight is 356 g/mol. The number of hydrogen-bond donors (Lipinski definition) is 0. The van der Waals surface area contributed by atoms with Gasteiger partial charge in [0, 0.05) is 11.8 Å². The summed E-state index contributed by atoms with van der Waals surface area (Å²) in [6, 6.07) is 12.3. The van der Waals surface area contributed by atoms with E-state index in [2.05, 4.69) is 4.98 Å². The highest BCUT2D eigenvalue weighted by Gasteiger charge is 2.37. The van der Waals surface area contributed by atoms with Gasteiger partial charge in [-0.05, 0) is 17.7 Å². The number of nitrogens with zero attached hydrogens (tertiary/aromatic N) is 3. The summed E-state index contributed by atoms with van der Waals surface area (Å²) in [6.07, 6.45) is 0.934. The molecule has 0 fully saturated rings. The minimum absolute atomic E-state index is 0.129. The van der Waals surface area contributed by atoms with Crippen molar-refractivity contribution in [2.75, 3.05) is 0 Å². The second kappa shape index (κ2) is 5.98. The molecule has 2 aromatic heterocycles. The molecule has 1 unspecified atom stereocenters. The van der Waals surface area contributed by atoms with Gasteiger partial charge in [0.15, 0.2) is 6.61 Å². The molecule has 0 radical (unpaired) electrons. The van der Waals surface area contributed by atoms with Crippen molar-refractivity contribution in [2.45, 2.75) is 12.8 Å². The number of fused-ring (bicyclic) bond motifs is 1. The highest BCUT2D eigenvalue weighted by Crippen LogP contribution is 2.27. The van der Waals surface area contributed by atoms with E-state index in [1.165, 1.54) is 9.13 Å². The number of pyridine rings is 1. The molecule has 0 bridgehead atoms. The third-order valence-electron chi connectivity index (χ3n) is 4.32. The molecule has 0 spiro atoms. The zero-order chi connectivity index (χ0) is 17.6. The molecule has 3 heterocycles. The summed E-state index contributed by atoms with van der Waals surface area (Å²) in [5, 5.41) is 13.1. The van der Waals surface area contributed by atoms with Gasteiger partial charge in [0.25, 0.3) is 5.82 Å². The van der Waals surface area contributed by atoms with Crippen molar-refractivity contribution in [2.24, 2.45) is 7.05 Å². The lowest BCUT2D eigenvalue weighted by molar-refractivity contribution is -0.748. The van der Waals surface area contributed by atoms with E-state index in [0.717, 1.165) is 0 Å². The summed E-state index contributed by atoms with van der Waals surface area (Å²) in [7, 11) is 1.64. The Bertz CT molecular complexity index is 1000. The number of hydrogen-bond acceptors (Lipinski definition) is 4. The molecule has 1 aliphatic rings. The Morgan fingerprint density at radius 3 is 2.72 bits per heavy atom. The van der Waals surface area contributed by atoms with E-state index < -0.39 is 6.23 Å². The number of halogens is 1. The summed E-state index contributed by atoms with van der Waals surface area (Å²) in [4.78, 5) is 17.2. The van der Waals surface area contributed by atoms with E-state index in [9.17, 15) is 9.90 Å². The van der Waals surface area contributed by atoms with E-state index in [4.69, 9.17) is 16.3 Å². The molecule has 126 valence electrons. The fourth-order valence-electron chi connectivity index (χ4n) is 3.04. The van der Waals surface area contributed by atoms with Gasteiger partial charge in [-0.15, -0.1) is 0 Å². The molecule has 1 aliphatic heterocycles. The maximum absolute atomic E-state index is 13.1. The van der Waals surface area contributed by atoms with E-state index in [-0.39, 0.29) is 23.6 Å². The van der Waals surface area contributed by atoms with Crippen LogP contribution in [-0.2, 0) is 18.4 Å². The topological polar surface area (TPSA) is 71.1 Å². The first-order valence-electron chi connectivity index (χ1n) is 7.71. The first kappa shape index (κ1) is 15.8. The van der Waals surface area contributed by atoms with Gasteiger partial charge in [-0.3, -0.25) is 0 Å². The maximum Gasteiger partial charge on any atom is 0.347 e. The summed E-state index contributed by atoms with van der Waals surface area (Å²) >= 11 is 5.84. The molecule has 25 heavy (non-hydrogen) atoms. The first-order valence-corrected chi connectivity index (χ1v) is 8.08. The number of rotatable bonds is 2. The van der Waals surface area contributed by atoms with Gasteiger partial charge in [0.05, 0.1) is 12.9 Å². The van der Waals surface area contributed by atoms with Crippen molar-refractivity contribution in [3.63, 3.8) is 0 Å². The fourth-order valence-corrected chi connectivity index (χ4v) is 3.15. The van der Waals surface area contributed by atoms with Gasteiger partial charge in [0.1, 0.15) is 10.7 Å². The van der Waals surface area contributed by atoms with Crippen molar-refractivity contribution >= 4 is 11.6 Å². The fraction of sp³-hybridized carbons (Fsp3) is 0.167. The molecule has 4 rings (SSSR count). The van der Waals surface area contributed by atoms with Gasteiger partial charge in [-0.25, -0.2) is 14.3 Å². The van der Waals surface area contributed by atoms with Crippen LogP contribution < -0.4 is 15.2 Å². The highest BCUT2D eigenvalue weighted by molar-refractivity contribution is 6.29. The molecular weight excluding hydrogens is 342 g/mol. The monoisotopic (exact) mass is 355 g/mol. The van der Waals surface area contributed by atoms with Crippen molar-refractivity contribution in [3.05, 3.63) is 75.6 Å². The van der Waals surface area contributed by atoms with Crippen molar-refractivity contribution in [1.29, 1.82) is 0 Å². The van der Waals surface area contributed by atoms with Gasteiger partial charge in [0.2, 0.25) is 6.23 Å². The predicted octanol–water partition coefficient (Wildman–Crippen LogP) is 1.54. The highest BCUT2D eigenvalue weighted by atomic mass is 35.5. The number of benzene rings is 1. The van der Waals surface area contributed by atoms with Crippen LogP contribution in [0.4, 0.5) is 0 Å². The van der Waals surface area contributed by atoms with E-state index in [1.807, 2.05) is 6.07 Å². The molecule has 0 N–H and O–H groups in total. The molecule has 0 saturated carbocycles. The Morgan fingerprint density at radius 2 is 2.04 bits per heavy atom. The molecule has 3 aromatic rings. The zero-order valence-electron chi connectivity index (χ0n) is 13.3. The minimum atomic E-state index is -0.637. The lowest BCUT2D eigenvalue weighted by atomic mass is 10.1. The van der Waals surface area contributed by atoms with Crippen LogP contribution in [-0.4, -0.2) is 9.55 Å². The Morgan fingerprint density at radius 1 is 1.28 bits per heavy atom. The lowest BCUT2D eigenvalue weighted by Crippen LogP contribution is -2.56. The van der Waals surface area contributed by atoms with Crippen LogP contribution in [0.5, 0.6) is 5.88 Å². The predicted molar refractivity (Wildman–Crippen MR) is 88.9 cm³/mol. The summed E-state index contributed by atoms with van der Waals surface area (Å²) in [5.74, 6) is 0.190. The Labute approximate surface area is 148 Å². The average Bonchev–Trinajstić information content (AvgIpc) is 3.07. The van der Waals surface area contributed by atoms with Crippen molar-refractivity contribution < 1.29 is 14.4 Å². The number of ether oxygens (including phenoxy) is 1. The van der Waals surface area contributed by atoms with Gasteiger partial charge in [-0.1, -0.05) is 41.9 Å². The Hall–Kier alpha value is -2.70. The minimum Gasteiger partial charge on any atom is -0.842 e. The van der Waals surface area contributed by atoms with Crippen LogP contribution in [0.1, 0.15) is 17.6 Å². The lowest BCUT2D eigenvalue weighted by Gasteiger charge is -2.16. The normalized spacial score (nSPS) is 16.0. The SMILES string of the molecule is Cn1c([O-])c(-c2ccccc2)c(=O)[n+]2c1COC2c1ccc(Cl)nc1. The smallest absolute Gasteiger partial charge is 0.347 e. The molecule has 0 saturated heterocycles. The summed E-state index contributed by atoms with van der Waals surface area (Å²) in [5.41, 5.74) is 1.04. The van der Waals surface area contributed by atoms with Gasteiger partial charge >= 0.3 is 5.56 Å². The van der Waals surface area contributed by atoms with Crippen LogP contribution >= 0.6 is 11.6 Å². The second-order valence-electron chi connectivity index (χ2n) is 5.77. The van der Waals surface area contributed by atoms with E-state index in [1.54, 1.807) is 49.6 Å². The van der Waals surface area contributed by atoms with E-state index >= 15 is 0 Å². The summed E-state index contributed by atoms with van der Waals surface area (Å²) < 4.78 is 8.75. The standard InChI is InChI=1S/C18H14ClN3O3/c1-21-14-10-25-18(12-7-8-13(19)20-9-12)22(14)17(24)15(16(21)23)11-5-3-2-4-6-11/h2-9,18H,10H2,1H3. The van der Waals surface area contributed by atoms with Crippen LogP contribution in [0.25, 0.3) is 11.1 Å². The zero-order valence-corrected chi connectivity index (χ0v) is 14.1. The third-order valence-corrected chi connectivity index (χ3v) is 4.54. The molecule has 6 nitrogen and oxygen atoms in total. The van der Waals surface area contributed by atoms with E-state index in [0.29, 0.717) is 22.1 Å². The van der Waals surface area contributed by atoms with Crippen LogP contribution in [0.3, 0.4) is 0 Å². The van der Waals surface area contributed by atoms with Crippen molar-refractivity contribution in [1.82, 2.24) is 9.55 Å². The van der Waals surface area contributed by atoms with Crippen molar-refractivity contribution in [3.8, 4) is 17.0 Å². The Kier molecular flexibility index (Phi) is 3.78. The second-order valence-corrected chi connectivity index (χ2v) is 6.16. The molecule has 7 heteroatoms. The molecule has 1 aromatic carbocycles. The molecular formula is C18H14ClN3O3. The van der Waals surface area contributed by atoms with Gasteiger partial charge < -0.3 is 9.84 Å². The Balaban J connectivity index is 1.95. The third kappa shape index (κ3) is 2.50. The van der Waals surface area contributed by atoms with Gasteiger partial charge in [-0.2, -0.15) is 4.57 Å². The largest absolute Gasteiger partial charge is 0.842 e. The van der Waals surface area contributed by atoms with Crippen LogP contribution in [0.15, 0.2) is 53.5 Å². The molecule has 0 aliphatic carbocycles. The summed E-state index contributed by atoms with van der Waals surface area (Å²) in [6.45, 7) is 0.170. The van der Waals surface area contributed by atoms with Crippen LogP contribution in [0, 0.1) is 0 Å². The molecule has 1 atom stereocenters. The molecule has 0 amide bonds. The quantitative estimate of drug-likeness (QED) is 0.516.